The van der Waals surface area contributed by atoms with Crippen LogP contribution in [0.2, 0.25) is 0 Å². The topological polar surface area (TPSA) is 83.8 Å². The van der Waals surface area contributed by atoms with Crippen LogP contribution in [0.3, 0.4) is 0 Å². The fraction of sp³-hybridized carbons (Fsp3) is 0.818. The second-order valence-corrected chi connectivity index (χ2v) is 3.80. The summed E-state index contributed by atoms with van der Waals surface area (Å²) in [5.41, 5.74) is 0. The van der Waals surface area contributed by atoms with Crippen LogP contribution >= 0.6 is 0 Å². The number of hydrogen-bond donors (Lipinski definition) is 2. The highest BCUT2D eigenvalue weighted by molar-refractivity contribution is 6.01. The highest BCUT2D eigenvalue weighted by atomic mass is 17.1. The second-order valence-electron chi connectivity index (χ2n) is 3.80. The summed E-state index contributed by atoms with van der Waals surface area (Å²) in [5, 5.41) is 17.0. The van der Waals surface area contributed by atoms with Crippen molar-refractivity contribution >= 4 is 11.8 Å². The quantitative estimate of drug-likeness (QED) is 0.273. The number of aliphatic hydroxyl groups is 1. The van der Waals surface area contributed by atoms with Crippen LogP contribution in [-0.4, -0.2) is 28.2 Å². The molecule has 0 aromatic carbocycles. The van der Waals surface area contributed by atoms with Gasteiger partial charge in [-0.25, -0.2) is 4.79 Å². The zero-order valence-corrected chi connectivity index (χ0v) is 9.65. The van der Waals surface area contributed by atoms with Crippen LogP contribution in [-0.2, 0) is 14.5 Å². The molecule has 1 unspecified atom stereocenters. The van der Waals surface area contributed by atoms with Crippen LogP contribution < -0.4 is 0 Å². The largest absolute Gasteiger partial charge is 0.377 e. The first-order valence-corrected chi connectivity index (χ1v) is 5.69. The Labute approximate surface area is 95.3 Å². The zero-order chi connectivity index (χ0) is 12.4. The Balaban J connectivity index is 3.54. The van der Waals surface area contributed by atoms with E-state index >= 15 is 0 Å². The van der Waals surface area contributed by atoms with E-state index in [1.165, 1.54) is 12.8 Å². The third-order valence-electron chi connectivity index (χ3n) is 2.39. The second kappa shape index (κ2) is 9.30. The Hall–Kier alpha value is -0.940. The minimum absolute atomic E-state index is 0.141. The van der Waals surface area contributed by atoms with E-state index < -0.39 is 17.9 Å². The molecule has 5 heteroatoms. The molecule has 0 spiro atoms. The SMILES string of the molecule is CCCCCCCCC(=O)C(O)C(=O)OO. The summed E-state index contributed by atoms with van der Waals surface area (Å²) in [6.45, 7) is 2.13. The summed E-state index contributed by atoms with van der Waals surface area (Å²) in [5.74, 6) is -1.91. The van der Waals surface area contributed by atoms with E-state index in [2.05, 4.69) is 11.8 Å². The normalized spacial score (nSPS) is 12.2. The van der Waals surface area contributed by atoms with Gasteiger partial charge in [0.2, 0.25) is 6.10 Å². The van der Waals surface area contributed by atoms with Crippen LogP contribution in [0.5, 0.6) is 0 Å². The predicted molar refractivity (Wildman–Crippen MR) is 57.7 cm³/mol. The van der Waals surface area contributed by atoms with Crippen molar-refractivity contribution in [1.29, 1.82) is 0 Å². The van der Waals surface area contributed by atoms with Gasteiger partial charge >= 0.3 is 5.97 Å². The van der Waals surface area contributed by atoms with E-state index in [1.54, 1.807) is 0 Å². The molecular weight excluding hydrogens is 212 g/mol. The summed E-state index contributed by atoms with van der Waals surface area (Å²) < 4.78 is 0. The van der Waals surface area contributed by atoms with Gasteiger partial charge in [-0.1, -0.05) is 39.0 Å². The maximum absolute atomic E-state index is 11.2. The monoisotopic (exact) mass is 232 g/mol. The van der Waals surface area contributed by atoms with Gasteiger partial charge in [0.25, 0.3) is 0 Å². The highest BCUT2D eigenvalue weighted by Crippen LogP contribution is 2.08. The predicted octanol–water partition coefficient (Wildman–Crippen LogP) is 1.68. The van der Waals surface area contributed by atoms with Crippen LogP contribution in [0.15, 0.2) is 0 Å². The molecule has 94 valence electrons. The van der Waals surface area contributed by atoms with Gasteiger partial charge in [0.15, 0.2) is 5.78 Å². The lowest BCUT2D eigenvalue weighted by atomic mass is 10.1. The Morgan fingerprint density at radius 2 is 1.69 bits per heavy atom. The molecule has 0 aromatic rings. The molecule has 0 aliphatic heterocycles. The number of unbranched alkanes of at least 4 members (excludes halogenated alkanes) is 5. The zero-order valence-electron chi connectivity index (χ0n) is 9.65. The highest BCUT2D eigenvalue weighted by Gasteiger charge is 2.24. The molecule has 16 heavy (non-hydrogen) atoms. The van der Waals surface area contributed by atoms with E-state index in [4.69, 9.17) is 10.4 Å². The Kier molecular flexibility index (Phi) is 8.75. The maximum Gasteiger partial charge on any atom is 0.377 e. The molecule has 0 radical (unpaired) electrons. The number of carbonyl (C=O) groups is 2. The average Bonchev–Trinajstić information content (AvgIpc) is 2.31. The molecular formula is C11H20O5. The van der Waals surface area contributed by atoms with Gasteiger partial charge in [0.1, 0.15) is 0 Å². The van der Waals surface area contributed by atoms with Crippen molar-refractivity contribution in [2.45, 2.75) is 58.0 Å². The molecule has 0 amide bonds. The van der Waals surface area contributed by atoms with Crippen LogP contribution in [0, 0.1) is 0 Å². The summed E-state index contributed by atoms with van der Waals surface area (Å²) in [6.07, 6.45) is 4.41. The molecule has 0 saturated carbocycles. The van der Waals surface area contributed by atoms with Crippen molar-refractivity contribution in [3.8, 4) is 0 Å². The summed E-state index contributed by atoms with van der Waals surface area (Å²) in [4.78, 5) is 25.0. The molecule has 2 N–H and O–H groups in total. The van der Waals surface area contributed by atoms with Crippen molar-refractivity contribution in [1.82, 2.24) is 0 Å². The number of ketones is 1. The Morgan fingerprint density at radius 3 is 2.25 bits per heavy atom. The van der Waals surface area contributed by atoms with E-state index in [1.807, 2.05) is 0 Å². The first-order chi connectivity index (χ1) is 7.63. The lowest BCUT2D eigenvalue weighted by Crippen LogP contribution is -2.30. The molecule has 0 aliphatic carbocycles. The van der Waals surface area contributed by atoms with E-state index in [9.17, 15) is 9.59 Å². The molecule has 0 bridgehead atoms. The summed E-state index contributed by atoms with van der Waals surface area (Å²) >= 11 is 0. The van der Waals surface area contributed by atoms with Gasteiger partial charge < -0.3 is 5.11 Å². The van der Waals surface area contributed by atoms with Crippen molar-refractivity contribution < 1.29 is 24.8 Å². The van der Waals surface area contributed by atoms with E-state index in [0.717, 1.165) is 19.3 Å². The molecule has 0 aliphatic rings. The lowest BCUT2D eigenvalue weighted by Gasteiger charge is -2.05. The van der Waals surface area contributed by atoms with Gasteiger partial charge in [0, 0.05) is 6.42 Å². The van der Waals surface area contributed by atoms with Gasteiger partial charge in [-0.2, -0.15) is 5.26 Å². The summed E-state index contributed by atoms with van der Waals surface area (Å²) in [7, 11) is 0. The van der Waals surface area contributed by atoms with Gasteiger partial charge in [-0.05, 0) is 6.42 Å². The fourth-order valence-corrected chi connectivity index (χ4v) is 1.40. The molecule has 1 atom stereocenters. The smallest absolute Gasteiger partial charge is 0.375 e. The van der Waals surface area contributed by atoms with E-state index in [0.29, 0.717) is 6.42 Å². The van der Waals surface area contributed by atoms with Gasteiger partial charge in [0.05, 0.1) is 0 Å². The third kappa shape index (κ3) is 6.53. The standard InChI is InChI=1S/C11H20O5/c1-2-3-4-5-6-7-8-9(12)10(13)11(14)16-15/h10,13,15H,2-8H2,1H3. The van der Waals surface area contributed by atoms with Crippen molar-refractivity contribution in [2.24, 2.45) is 0 Å². The van der Waals surface area contributed by atoms with Crippen LogP contribution in [0.1, 0.15) is 51.9 Å². The molecule has 0 heterocycles. The van der Waals surface area contributed by atoms with Gasteiger partial charge in [-0.15, -0.1) is 0 Å². The van der Waals surface area contributed by atoms with Crippen LogP contribution in [0.25, 0.3) is 0 Å². The minimum Gasteiger partial charge on any atom is -0.375 e. The average molecular weight is 232 g/mol. The van der Waals surface area contributed by atoms with Crippen molar-refractivity contribution in [2.75, 3.05) is 0 Å². The first kappa shape index (κ1) is 15.1. The molecule has 0 fully saturated rings. The van der Waals surface area contributed by atoms with Crippen molar-refractivity contribution in [3.05, 3.63) is 0 Å². The molecule has 5 nitrogen and oxygen atoms in total. The third-order valence-corrected chi connectivity index (χ3v) is 2.39. The number of rotatable bonds is 9. The van der Waals surface area contributed by atoms with Gasteiger partial charge in [-0.3, -0.25) is 9.68 Å². The first-order valence-electron chi connectivity index (χ1n) is 5.69. The Morgan fingerprint density at radius 1 is 1.12 bits per heavy atom. The number of aliphatic hydroxyl groups excluding tert-OH is 1. The summed E-state index contributed by atoms with van der Waals surface area (Å²) in [6, 6.07) is 0. The minimum atomic E-state index is -1.85. The fourth-order valence-electron chi connectivity index (χ4n) is 1.40. The lowest BCUT2D eigenvalue weighted by molar-refractivity contribution is -0.241. The maximum atomic E-state index is 11.2. The van der Waals surface area contributed by atoms with Crippen LogP contribution in [0.4, 0.5) is 0 Å². The number of hydrogen-bond acceptors (Lipinski definition) is 5. The Bertz CT molecular complexity index is 214. The van der Waals surface area contributed by atoms with E-state index in [-0.39, 0.29) is 6.42 Å². The van der Waals surface area contributed by atoms with Crippen molar-refractivity contribution in [3.63, 3.8) is 0 Å². The number of carbonyl (C=O) groups excluding carboxylic acids is 2. The molecule has 0 saturated heterocycles. The molecule has 0 aromatic heterocycles. The number of Topliss-reactive ketones (excluding diaryl/α,β-unsaturated/α-hetero) is 1. The molecule has 0 rings (SSSR count).